The molecule has 1 aromatic carbocycles. The van der Waals surface area contributed by atoms with E-state index in [2.05, 4.69) is 37.8 Å². The maximum Gasteiger partial charge on any atom is 0.119 e. The van der Waals surface area contributed by atoms with E-state index in [0.717, 1.165) is 25.4 Å². The molecule has 1 heterocycles. The van der Waals surface area contributed by atoms with E-state index >= 15 is 0 Å². The molecular weight excluding hydrogens is 286 g/mol. The fraction of sp³-hybridized carbons (Fsp3) is 0.647. The first-order valence-electron chi connectivity index (χ1n) is 7.59. The van der Waals surface area contributed by atoms with Crippen LogP contribution in [0.3, 0.4) is 0 Å². The van der Waals surface area contributed by atoms with E-state index in [1.54, 1.807) is 0 Å². The van der Waals surface area contributed by atoms with E-state index in [0.29, 0.717) is 6.61 Å². The molecule has 1 aromatic rings. The molecule has 1 fully saturated rings. The van der Waals surface area contributed by atoms with E-state index in [9.17, 15) is 5.11 Å². The van der Waals surface area contributed by atoms with Crippen LogP contribution in [0.15, 0.2) is 24.3 Å². The topological polar surface area (TPSA) is 32.7 Å². The standard InChI is InChI=1S/C17H27NO2.ClH/c1-17(2,3)14-6-8-16(9-7-14)20-13-15(19)12-18-10-4-5-11-18;/h6-9,15,19H,4-5,10-13H2,1-3H3;1H. The minimum absolute atomic E-state index is 0. The van der Waals surface area contributed by atoms with Gasteiger partial charge in [0, 0.05) is 6.54 Å². The molecule has 4 heteroatoms. The number of aliphatic hydroxyl groups excluding tert-OH is 1. The lowest BCUT2D eigenvalue weighted by Crippen LogP contribution is -2.33. The third-order valence-corrected chi connectivity index (χ3v) is 3.83. The molecule has 2 rings (SSSR count). The quantitative estimate of drug-likeness (QED) is 0.906. The van der Waals surface area contributed by atoms with Gasteiger partial charge < -0.3 is 14.7 Å². The van der Waals surface area contributed by atoms with Crippen molar-refractivity contribution in [2.75, 3.05) is 26.2 Å². The van der Waals surface area contributed by atoms with Crippen LogP contribution in [-0.4, -0.2) is 42.4 Å². The molecule has 0 aliphatic carbocycles. The predicted octanol–water partition coefficient (Wildman–Crippen LogP) is 3.24. The average Bonchev–Trinajstić information content (AvgIpc) is 2.88. The summed E-state index contributed by atoms with van der Waals surface area (Å²) in [6.45, 7) is 9.90. The van der Waals surface area contributed by atoms with Crippen LogP contribution in [-0.2, 0) is 5.41 Å². The number of hydrogen-bond acceptors (Lipinski definition) is 3. The first-order chi connectivity index (χ1) is 9.45. The summed E-state index contributed by atoms with van der Waals surface area (Å²) in [5.41, 5.74) is 1.45. The largest absolute Gasteiger partial charge is 0.491 e. The Morgan fingerprint density at radius 2 is 1.71 bits per heavy atom. The maximum atomic E-state index is 9.99. The number of halogens is 1. The van der Waals surface area contributed by atoms with Gasteiger partial charge in [-0.15, -0.1) is 12.4 Å². The van der Waals surface area contributed by atoms with Crippen molar-refractivity contribution in [2.24, 2.45) is 0 Å². The molecule has 0 aromatic heterocycles. The summed E-state index contributed by atoms with van der Waals surface area (Å²) in [5.74, 6) is 0.832. The Morgan fingerprint density at radius 3 is 2.24 bits per heavy atom. The van der Waals surface area contributed by atoms with E-state index in [-0.39, 0.29) is 17.8 Å². The van der Waals surface area contributed by atoms with Gasteiger partial charge in [0.2, 0.25) is 0 Å². The Morgan fingerprint density at radius 1 is 1.14 bits per heavy atom. The van der Waals surface area contributed by atoms with Crippen molar-refractivity contribution in [2.45, 2.75) is 45.1 Å². The minimum Gasteiger partial charge on any atom is -0.491 e. The lowest BCUT2D eigenvalue weighted by Gasteiger charge is -2.21. The number of β-amino-alcohol motifs (C(OH)–C–C–N with tert-alkyl or cyclic N) is 1. The van der Waals surface area contributed by atoms with E-state index in [1.807, 2.05) is 12.1 Å². The second-order valence-electron chi connectivity index (χ2n) is 6.75. The molecule has 0 amide bonds. The summed E-state index contributed by atoms with van der Waals surface area (Å²) >= 11 is 0. The first-order valence-corrected chi connectivity index (χ1v) is 7.59. The molecule has 0 bridgehead atoms. The number of benzene rings is 1. The van der Waals surface area contributed by atoms with Crippen molar-refractivity contribution in [3.63, 3.8) is 0 Å². The van der Waals surface area contributed by atoms with Gasteiger partial charge in [-0.25, -0.2) is 0 Å². The Labute approximate surface area is 134 Å². The van der Waals surface area contributed by atoms with Crippen molar-refractivity contribution < 1.29 is 9.84 Å². The van der Waals surface area contributed by atoms with Crippen molar-refractivity contribution >= 4 is 12.4 Å². The number of hydrogen-bond donors (Lipinski definition) is 1. The second-order valence-corrected chi connectivity index (χ2v) is 6.75. The van der Waals surface area contributed by atoms with Crippen LogP contribution in [0.5, 0.6) is 5.75 Å². The zero-order valence-corrected chi connectivity index (χ0v) is 14.2. The lowest BCUT2D eigenvalue weighted by atomic mass is 9.87. The number of aliphatic hydroxyl groups is 1. The van der Waals surface area contributed by atoms with Gasteiger partial charge in [0.15, 0.2) is 0 Å². The van der Waals surface area contributed by atoms with Gasteiger partial charge in [0.25, 0.3) is 0 Å². The molecule has 0 spiro atoms. The minimum atomic E-state index is -0.407. The fourth-order valence-corrected chi connectivity index (χ4v) is 2.56. The van der Waals surface area contributed by atoms with Gasteiger partial charge in [-0.3, -0.25) is 0 Å². The molecule has 1 saturated heterocycles. The zero-order valence-electron chi connectivity index (χ0n) is 13.3. The molecular formula is C17H28ClNO2. The molecule has 1 aliphatic heterocycles. The highest BCUT2D eigenvalue weighted by molar-refractivity contribution is 5.85. The van der Waals surface area contributed by atoms with Crippen LogP contribution in [0, 0.1) is 0 Å². The van der Waals surface area contributed by atoms with Crippen LogP contribution >= 0.6 is 12.4 Å². The summed E-state index contributed by atoms with van der Waals surface area (Å²) < 4.78 is 5.67. The van der Waals surface area contributed by atoms with E-state index in [4.69, 9.17) is 4.74 Å². The van der Waals surface area contributed by atoms with Crippen LogP contribution in [0.4, 0.5) is 0 Å². The Balaban J connectivity index is 0.00000220. The molecule has 0 radical (unpaired) electrons. The van der Waals surface area contributed by atoms with E-state index < -0.39 is 6.10 Å². The predicted molar refractivity (Wildman–Crippen MR) is 89.6 cm³/mol. The Bertz CT molecular complexity index is 408. The Kier molecular flexibility index (Phi) is 6.98. The van der Waals surface area contributed by atoms with Gasteiger partial charge in [-0.2, -0.15) is 0 Å². The monoisotopic (exact) mass is 313 g/mol. The molecule has 1 aliphatic rings. The molecule has 1 N–H and O–H groups in total. The van der Waals surface area contributed by atoms with Crippen LogP contribution in [0.2, 0.25) is 0 Å². The normalized spacial score (nSPS) is 17.3. The van der Waals surface area contributed by atoms with Crippen molar-refractivity contribution in [3.05, 3.63) is 29.8 Å². The molecule has 1 unspecified atom stereocenters. The smallest absolute Gasteiger partial charge is 0.119 e. The molecule has 0 saturated carbocycles. The van der Waals surface area contributed by atoms with Gasteiger partial charge in [0.1, 0.15) is 18.5 Å². The van der Waals surface area contributed by atoms with Crippen molar-refractivity contribution in [3.8, 4) is 5.75 Å². The highest BCUT2D eigenvalue weighted by atomic mass is 35.5. The zero-order chi connectivity index (χ0) is 14.6. The molecule has 1 atom stereocenters. The van der Waals surface area contributed by atoms with Gasteiger partial charge >= 0.3 is 0 Å². The van der Waals surface area contributed by atoms with Gasteiger partial charge in [0.05, 0.1) is 0 Å². The summed E-state index contributed by atoms with van der Waals surface area (Å²) in [7, 11) is 0. The number of ether oxygens (including phenoxy) is 1. The molecule has 120 valence electrons. The fourth-order valence-electron chi connectivity index (χ4n) is 2.56. The average molecular weight is 314 g/mol. The first kappa shape index (κ1) is 18.3. The number of rotatable bonds is 5. The van der Waals surface area contributed by atoms with Gasteiger partial charge in [-0.1, -0.05) is 32.9 Å². The van der Waals surface area contributed by atoms with Crippen LogP contribution < -0.4 is 4.74 Å². The van der Waals surface area contributed by atoms with Crippen molar-refractivity contribution in [1.82, 2.24) is 4.90 Å². The SMILES string of the molecule is CC(C)(C)c1ccc(OCC(O)CN2CCCC2)cc1.Cl. The van der Waals surface area contributed by atoms with Crippen LogP contribution in [0.25, 0.3) is 0 Å². The van der Waals surface area contributed by atoms with Crippen molar-refractivity contribution in [1.29, 1.82) is 0 Å². The summed E-state index contributed by atoms with van der Waals surface area (Å²) in [4.78, 5) is 2.30. The second kappa shape index (κ2) is 8.02. The third-order valence-electron chi connectivity index (χ3n) is 3.83. The summed E-state index contributed by atoms with van der Waals surface area (Å²) in [6, 6.07) is 8.18. The van der Waals surface area contributed by atoms with Crippen LogP contribution in [0.1, 0.15) is 39.2 Å². The molecule has 3 nitrogen and oxygen atoms in total. The lowest BCUT2D eigenvalue weighted by molar-refractivity contribution is 0.0758. The maximum absolute atomic E-state index is 9.99. The van der Waals surface area contributed by atoms with E-state index in [1.165, 1.54) is 18.4 Å². The summed E-state index contributed by atoms with van der Waals surface area (Å²) in [5, 5.41) is 9.99. The molecule has 21 heavy (non-hydrogen) atoms. The number of nitrogens with zero attached hydrogens (tertiary/aromatic N) is 1. The highest BCUT2D eigenvalue weighted by Gasteiger charge is 2.16. The third kappa shape index (κ3) is 5.85. The highest BCUT2D eigenvalue weighted by Crippen LogP contribution is 2.24. The van der Waals surface area contributed by atoms with Gasteiger partial charge in [-0.05, 0) is 49.0 Å². The number of likely N-dealkylation sites (tertiary alicyclic amines) is 1. The summed E-state index contributed by atoms with van der Waals surface area (Å²) in [6.07, 6.45) is 2.10. The Hall–Kier alpha value is -0.770.